The third-order valence-electron chi connectivity index (χ3n) is 23.5. The highest BCUT2D eigenvalue weighted by Gasteiger charge is 2.71. The largest absolute Gasteiger partial charge is 0.363 e. The van der Waals surface area contributed by atoms with Gasteiger partial charge in [0.25, 0.3) is 11.8 Å². The Balaban J connectivity index is 0.000000178. The zero-order valence-corrected chi connectivity index (χ0v) is 51.3. The number of Topliss-reactive ketones (excluding diaryl/α,β-unsaturated/α-hetero) is 4. The quantitative estimate of drug-likeness (QED) is 0.0654. The number of nitrogens with zero attached hydrogens (tertiary/aromatic N) is 2. The van der Waals surface area contributed by atoms with Crippen LogP contribution in [0, 0.1) is 87.8 Å². The topological polar surface area (TPSA) is 277 Å². The maximum Gasteiger partial charge on any atom is 0.315 e. The Labute approximate surface area is 502 Å². The number of primary amides is 2. The number of carbonyl (C=O) groups excluding carboxylic acids is 10. The number of nitrogens with one attached hydrogen (secondary N) is 4. The molecule has 13 rings (SSSR count). The zero-order chi connectivity index (χ0) is 60.6. The molecule has 2 heterocycles. The van der Waals surface area contributed by atoms with E-state index < -0.39 is 65.4 Å². The van der Waals surface area contributed by atoms with Gasteiger partial charge in [0.2, 0.25) is 23.4 Å². The van der Waals surface area contributed by atoms with E-state index in [2.05, 4.69) is 61.1 Å². The molecule has 2 aliphatic heterocycles. The molecule has 0 radical (unpaired) electrons. The Morgan fingerprint density at radius 2 is 0.988 bits per heavy atom. The van der Waals surface area contributed by atoms with Crippen LogP contribution in [0.25, 0.3) is 0 Å². The van der Waals surface area contributed by atoms with Crippen LogP contribution in [0.4, 0.5) is 9.59 Å². The Morgan fingerprint density at radius 1 is 0.553 bits per heavy atom. The molecule has 18 heteroatoms. The summed E-state index contributed by atoms with van der Waals surface area (Å²) in [5.41, 5.74) is 12.8. The number of ketones is 4. The predicted octanol–water partition coefficient (Wildman–Crippen LogP) is 6.90. The average Bonchev–Trinajstić information content (AvgIpc) is 1.57. The van der Waals surface area contributed by atoms with E-state index in [1.165, 1.54) is 30.4 Å². The van der Waals surface area contributed by atoms with E-state index in [0.29, 0.717) is 68.4 Å². The van der Waals surface area contributed by atoms with Crippen LogP contribution in [0.1, 0.15) is 181 Å². The van der Waals surface area contributed by atoms with Gasteiger partial charge in [-0.25, -0.2) is 9.59 Å². The second-order valence-electron chi connectivity index (χ2n) is 30.5. The van der Waals surface area contributed by atoms with Crippen molar-refractivity contribution in [3.05, 3.63) is 35.4 Å². The summed E-state index contributed by atoms with van der Waals surface area (Å²) in [4.78, 5) is 136. The second kappa shape index (κ2) is 23.8. The van der Waals surface area contributed by atoms with E-state index in [1.807, 2.05) is 26.0 Å². The van der Waals surface area contributed by atoms with Gasteiger partial charge >= 0.3 is 12.1 Å². The number of nitrogens with two attached hydrogens (primary N) is 2. The molecule has 0 spiro atoms. The highest BCUT2D eigenvalue weighted by molar-refractivity contribution is 6.37. The first kappa shape index (κ1) is 61.0. The number of hydrogen-bond donors (Lipinski definition) is 6. The van der Waals surface area contributed by atoms with Gasteiger partial charge in [0, 0.05) is 49.3 Å². The van der Waals surface area contributed by atoms with Crippen molar-refractivity contribution in [1.82, 2.24) is 31.1 Å². The third kappa shape index (κ3) is 12.6. The van der Waals surface area contributed by atoms with Gasteiger partial charge in [-0.3, -0.25) is 38.4 Å². The zero-order valence-electron chi connectivity index (χ0n) is 51.3. The van der Waals surface area contributed by atoms with Crippen molar-refractivity contribution in [1.29, 1.82) is 0 Å². The summed E-state index contributed by atoms with van der Waals surface area (Å²) >= 11 is 0. The number of piperidine rings is 2. The lowest BCUT2D eigenvalue weighted by Gasteiger charge is -2.56. The highest BCUT2D eigenvalue weighted by Crippen LogP contribution is 2.66. The van der Waals surface area contributed by atoms with Gasteiger partial charge in [-0.1, -0.05) is 103 Å². The third-order valence-corrected chi connectivity index (χ3v) is 23.5. The minimum Gasteiger partial charge on any atom is -0.363 e. The minimum absolute atomic E-state index is 0.0138. The van der Waals surface area contributed by atoms with Crippen LogP contribution in [0.15, 0.2) is 24.3 Å². The summed E-state index contributed by atoms with van der Waals surface area (Å²) in [6.45, 7) is 13.2. The number of likely N-dealkylation sites (tertiary alicyclic amines) is 2. The number of hydrogen-bond acceptors (Lipinski definition) is 10. The van der Waals surface area contributed by atoms with E-state index in [1.54, 1.807) is 9.80 Å². The molecule has 12 aliphatic rings. The first-order valence-corrected chi connectivity index (χ1v) is 32.9. The van der Waals surface area contributed by atoms with Crippen LogP contribution in [0.5, 0.6) is 0 Å². The van der Waals surface area contributed by atoms with Crippen molar-refractivity contribution in [2.75, 3.05) is 13.1 Å². The molecular formula is C67H96N8O10. The van der Waals surface area contributed by atoms with Crippen LogP contribution in [0.2, 0.25) is 0 Å². The number of fused-ring (bicyclic) bond motifs is 3. The van der Waals surface area contributed by atoms with Gasteiger partial charge in [-0.05, 0) is 178 Å². The molecule has 85 heavy (non-hydrogen) atoms. The molecule has 1 aromatic rings. The minimum atomic E-state index is -1.01. The molecule has 8 N–H and O–H groups in total. The fraction of sp³-hybridized carbons (Fsp3) is 0.761. The van der Waals surface area contributed by atoms with Crippen LogP contribution in [-0.2, 0) is 51.2 Å². The van der Waals surface area contributed by atoms with Crippen LogP contribution >= 0.6 is 0 Å². The van der Waals surface area contributed by atoms with Gasteiger partial charge in [-0.2, -0.15) is 0 Å². The monoisotopic (exact) mass is 1170 g/mol. The molecule has 11 fully saturated rings. The molecule has 4 bridgehead atoms. The summed E-state index contributed by atoms with van der Waals surface area (Å²) in [6.07, 6.45) is 19.2. The Morgan fingerprint density at radius 3 is 1.40 bits per heavy atom. The number of carbonyl (C=O) groups is 10. The van der Waals surface area contributed by atoms with E-state index in [-0.39, 0.29) is 100 Å². The highest BCUT2D eigenvalue weighted by atomic mass is 16.2. The Kier molecular flexibility index (Phi) is 17.1. The van der Waals surface area contributed by atoms with Crippen molar-refractivity contribution < 1.29 is 47.9 Å². The standard InChI is InChI=1S/C36H54N4O5.C31H42N4O5/c1-35(2)26-19-40(30(28(26)35)27(41)15-25(31(42)32(37)43)14-20-7-6-8-20)33(44)29(24-9-4-3-5-10-24)38-34(45)39-36-16-21-11-22(17-36)13-23(12-21)18-36;1-16(2)33-30(40)34-25(20-12-18-7-5-6-8-19(18)13-20)29(39)35-15-22-24(31(22,3)4)26(35)23(36)14-21(11-17-9-10-17)27(37)28(32)38/h20-26,28-30H,3-19H2,1-2H3,(H2,37,43)(H2,38,39,45);5-8,16-17,20-22,24-26H,9-15H2,1-4H3,(H2,32,38)(H2,33,34,40)/t21?,22?,23?,25?,26-,28-,29-,30+,36?;21?,22-,24-,25-,26+/m00/s1. The lowest BCUT2D eigenvalue weighted by molar-refractivity contribution is -0.144. The summed E-state index contributed by atoms with van der Waals surface area (Å²) in [7, 11) is 0. The van der Waals surface area contributed by atoms with Gasteiger partial charge in [0.15, 0.2) is 11.6 Å². The van der Waals surface area contributed by atoms with E-state index in [0.717, 1.165) is 83.5 Å². The van der Waals surface area contributed by atoms with Gasteiger partial charge in [0.05, 0.1) is 12.1 Å². The Hall–Kier alpha value is -5.68. The molecule has 2 unspecified atom stereocenters. The lowest BCUT2D eigenvalue weighted by atomic mass is 9.53. The summed E-state index contributed by atoms with van der Waals surface area (Å²) in [5.74, 6) is -2.49. The SMILES string of the molecule is CC(C)NC(=O)N[C@H](C(=O)N1C[C@H]2[C@@H]([C@H]1C(=O)CC(CC1CC1)C(=O)C(N)=O)C2(C)C)C1Cc2ccccc2C1.CC1(C)[C@@H]2[C@@H](C(=O)CC(CC3CCC3)C(=O)C(N)=O)N(C(=O)[C@@H](NC(=O)NC34CC5CC(CC(C5)C3)C4)C3CCCCC3)C[C@@H]21. The molecule has 2 saturated heterocycles. The number of rotatable bonds is 22. The summed E-state index contributed by atoms with van der Waals surface area (Å²) in [5, 5.41) is 12.4. The van der Waals surface area contributed by atoms with E-state index in [9.17, 15) is 47.9 Å². The maximum absolute atomic E-state index is 14.6. The lowest BCUT2D eigenvalue weighted by Crippen LogP contribution is -2.64. The maximum atomic E-state index is 14.6. The van der Waals surface area contributed by atoms with E-state index in [4.69, 9.17) is 11.5 Å². The summed E-state index contributed by atoms with van der Waals surface area (Å²) in [6, 6.07) is 4.54. The number of benzene rings is 1. The smallest absolute Gasteiger partial charge is 0.315 e. The molecule has 0 aromatic heterocycles. The molecule has 1 aromatic carbocycles. The van der Waals surface area contributed by atoms with Crippen molar-refractivity contribution in [3.63, 3.8) is 0 Å². The van der Waals surface area contributed by atoms with E-state index >= 15 is 0 Å². The number of urea groups is 2. The normalized spacial score (nSPS) is 32.2. The molecule has 8 amide bonds. The first-order chi connectivity index (χ1) is 40.3. The second-order valence-corrected chi connectivity index (χ2v) is 30.5. The van der Waals surface area contributed by atoms with Crippen molar-refractivity contribution in [2.45, 2.75) is 219 Å². The summed E-state index contributed by atoms with van der Waals surface area (Å²) < 4.78 is 0. The fourth-order valence-corrected chi connectivity index (χ4v) is 18.9. The van der Waals surface area contributed by atoms with Crippen LogP contribution in [0.3, 0.4) is 0 Å². The molecule has 10 atom stereocenters. The van der Waals surface area contributed by atoms with Crippen LogP contribution in [-0.4, -0.2) is 117 Å². The van der Waals surface area contributed by atoms with Crippen LogP contribution < -0.4 is 32.7 Å². The van der Waals surface area contributed by atoms with Gasteiger partial charge in [-0.15, -0.1) is 0 Å². The predicted molar refractivity (Wildman–Crippen MR) is 317 cm³/mol. The van der Waals surface area contributed by atoms with Gasteiger partial charge < -0.3 is 42.5 Å². The van der Waals surface area contributed by atoms with Crippen molar-refractivity contribution >= 4 is 58.8 Å². The molecule has 9 saturated carbocycles. The average molecular weight is 1170 g/mol. The van der Waals surface area contributed by atoms with Crippen molar-refractivity contribution in [2.24, 2.45) is 99.2 Å². The van der Waals surface area contributed by atoms with Gasteiger partial charge in [0.1, 0.15) is 12.1 Å². The molecule has 18 nitrogen and oxygen atoms in total. The first-order valence-electron chi connectivity index (χ1n) is 32.9. The molecule has 10 aliphatic carbocycles. The number of amides is 8. The Bertz CT molecular complexity index is 2770. The van der Waals surface area contributed by atoms with Crippen molar-refractivity contribution in [3.8, 4) is 0 Å². The fourth-order valence-electron chi connectivity index (χ4n) is 18.9. The molecule has 464 valence electrons. The molecular weight excluding hydrogens is 1080 g/mol.